The molecule has 0 saturated heterocycles. The van der Waals surface area contributed by atoms with E-state index in [1.54, 1.807) is 0 Å². The number of unbranched alkanes of at least 4 members (excludes halogenated alkanes) is 15. The Bertz CT molecular complexity index is 765. The highest BCUT2D eigenvalue weighted by atomic mass is 35.5. The molecule has 0 spiro atoms. The molecule has 0 bridgehead atoms. The van der Waals surface area contributed by atoms with Crippen molar-refractivity contribution in [2.45, 2.75) is 119 Å². The van der Waals surface area contributed by atoms with Gasteiger partial charge in [-0.3, -0.25) is 0 Å². The van der Waals surface area contributed by atoms with Gasteiger partial charge in [0.2, 0.25) is 0 Å². The third-order valence-electron chi connectivity index (χ3n) is 6.40. The number of halogens is 6. The molecule has 0 aromatic heterocycles. The summed E-state index contributed by atoms with van der Waals surface area (Å²) in [5.41, 5.74) is 0. The third kappa shape index (κ3) is 20.1. The molecule has 0 amide bonds. The summed E-state index contributed by atoms with van der Waals surface area (Å²) in [5, 5.41) is 1.61. The maximum absolute atomic E-state index is 9.75. The van der Waals surface area contributed by atoms with Crippen LogP contribution in [-0.2, 0) is 10.9 Å². The van der Waals surface area contributed by atoms with Crippen LogP contribution < -0.4 is 0 Å². The molecule has 0 aliphatic heterocycles. The van der Waals surface area contributed by atoms with E-state index < -0.39 is 7.25 Å². The molecule has 0 saturated carbocycles. The van der Waals surface area contributed by atoms with Crippen LogP contribution in [0.4, 0.5) is 17.3 Å². The monoisotopic (exact) mass is 594 g/mol. The smallest absolute Gasteiger partial charge is 0.418 e. The second-order valence-corrected chi connectivity index (χ2v) is 12.8. The zero-order valence-corrected chi connectivity index (χ0v) is 25.2. The second-order valence-electron chi connectivity index (χ2n) is 9.80. The first-order valence-electron chi connectivity index (χ1n) is 14.3. The van der Waals surface area contributed by atoms with E-state index in [1.165, 1.54) is 118 Å². The van der Waals surface area contributed by atoms with Gasteiger partial charge in [-0.15, -0.1) is 0 Å². The first kappa shape index (κ1) is 35.2. The number of rotatable bonds is 19. The van der Waals surface area contributed by atoms with E-state index in [9.17, 15) is 17.3 Å². The van der Waals surface area contributed by atoms with Crippen molar-refractivity contribution in [2.24, 2.45) is 0 Å². The van der Waals surface area contributed by atoms with E-state index in [0.29, 0.717) is 0 Å². The van der Waals surface area contributed by atoms with Gasteiger partial charge in [-0.25, -0.2) is 0 Å². The van der Waals surface area contributed by atoms with E-state index in [2.05, 4.69) is 31.2 Å². The van der Waals surface area contributed by atoms with Gasteiger partial charge in [0, 0.05) is 10.0 Å². The standard InChI is InChI=1S/C30H45Cl2S.BF4/c1-2-3-4-5-6-7-8-9-10-11-12-13-14-15-16-17-26-33(29-22-18-27(31)19-23-29)30-24-20-28(32)21-25-30;2-1(3,4)5/h18-25H,2-17,26H2,1H3;/q+1;-1. The highest BCUT2D eigenvalue weighted by molar-refractivity contribution is 7.97. The molecule has 0 N–H and O–H groups in total. The molecular weight excluding hydrogens is 550 g/mol. The Morgan fingerprint density at radius 3 is 1.05 bits per heavy atom. The molecule has 2 rings (SSSR count). The van der Waals surface area contributed by atoms with Crippen molar-refractivity contribution in [2.75, 3.05) is 5.75 Å². The van der Waals surface area contributed by atoms with Crippen molar-refractivity contribution >= 4 is 41.4 Å². The Morgan fingerprint density at radius 2 is 0.763 bits per heavy atom. The van der Waals surface area contributed by atoms with Crippen LogP contribution in [0, 0.1) is 0 Å². The van der Waals surface area contributed by atoms with Gasteiger partial charge in [0.25, 0.3) is 0 Å². The van der Waals surface area contributed by atoms with Crippen LogP contribution in [0.5, 0.6) is 0 Å². The number of benzene rings is 2. The summed E-state index contributed by atoms with van der Waals surface area (Å²) in [7, 11) is -5.90. The lowest BCUT2D eigenvalue weighted by atomic mass is 10.0. The first-order valence-corrected chi connectivity index (χ1v) is 16.4. The van der Waals surface area contributed by atoms with Crippen LogP contribution in [-0.4, -0.2) is 13.0 Å². The fourth-order valence-corrected chi connectivity index (χ4v) is 6.78. The first-order chi connectivity index (χ1) is 18.2. The Kier molecular flexibility index (Phi) is 20.3. The van der Waals surface area contributed by atoms with Crippen LogP contribution in [0.15, 0.2) is 58.3 Å². The highest BCUT2D eigenvalue weighted by Crippen LogP contribution is 2.27. The van der Waals surface area contributed by atoms with Crippen molar-refractivity contribution < 1.29 is 17.3 Å². The molecule has 216 valence electrons. The van der Waals surface area contributed by atoms with Gasteiger partial charge in [0.1, 0.15) is 5.75 Å². The van der Waals surface area contributed by atoms with Crippen molar-refractivity contribution in [3.63, 3.8) is 0 Å². The van der Waals surface area contributed by atoms with Gasteiger partial charge in [-0.1, -0.05) is 120 Å². The zero-order valence-electron chi connectivity index (χ0n) is 22.9. The fraction of sp³-hybridized carbons (Fsp3) is 0.600. The van der Waals surface area contributed by atoms with Gasteiger partial charge >= 0.3 is 7.25 Å². The lowest BCUT2D eigenvalue weighted by molar-refractivity contribution is 0.368. The largest absolute Gasteiger partial charge is 0.673 e. The van der Waals surface area contributed by atoms with E-state index >= 15 is 0 Å². The Balaban J connectivity index is 0.00000132. The Hall–Kier alpha value is -0.845. The summed E-state index contributed by atoms with van der Waals surface area (Å²) >= 11 is 12.2. The molecule has 8 heteroatoms. The normalized spacial score (nSPS) is 11.5. The van der Waals surface area contributed by atoms with Gasteiger partial charge in [-0.2, -0.15) is 0 Å². The molecule has 0 aliphatic rings. The Labute approximate surface area is 241 Å². The average molecular weight is 595 g/mol. The van der Waals surface area contributed by atoms with E-state index in [1.807, 2.05) is 24.3 Å². The third-order valence-corrected chi connectivity index (χ3v) is 9.28. The molecule has 0 aliphatic carbocycles. The lowest BCUT2D eigenvalue weighted by Gasteiger charge is -2.09. The van der Waals surface area contributed by atoms with Crippen molar-refractivity contribution in [1.29, 1.82) is 0 Å². The van der Waals surface area contributed by atoms with Gasteiger partial charge < -0.3 is 17.3 Å². The lowest BCUT2D eigenvalue weighted by Crippen LogP contribution is -2.09. The predicted molar refractivity (Wildman–Crippen MR) is 161 cm³/mol. The van der Waals surface area contributed by atoms with Gasteiger partial charge in [0.15, 0.2) is 9.79 Å². The molecular formula is C30H45BCl2F4S. The van der Waals surface area contributed by atoms with Crippen molar-refractivity contribution in [1.82, 2.24) is 0 Å². The van der Waals surface area contributed by atoms with E-state index in [0.717, 1.165) is 10.0 Å². The Morgan fingerprint density at radius 1 is 0.500 bits per heavy atom. The second kappa shape index (κ2) is 21.9. The summed E-state index contributed by atoms with van der Waals surface area (Å²) in [4.78, 5) is 2.75. The summed E-state index contributed by atoms with van der Waals surface area (Å²) in [6.45, 7) is 2.29. The summed E-state index contributed by atoms with van der Waals surface area (Å²) in [6.07, 6.45) is 22.6. The molecule has 2 aromatic rings. The summed E-state index contributed by atoms with van der Waals surface area (Å²) < 4.78 is 39.0. The number of hydrogen-bond acceptors (Lipinski definition) is 0. The maximum Gasteiger partial charge on any atom is 0.673 e. The molecule has 2 aromatic carbocycles. The van der Waals surface area contributed by atoms with Gasteiger partial charge in [0.05, 0.1) is 10.9 Å². The molecule has 0 heterocycles. The fourth-order valence-electron chi connectivity index (χ4n) is 4.36. The average Bonchev–Trinajstić information content (AvgIpc) is 2.86. The highest BCUT2D eigenvalue weighted by Gasteiger charge is 2.24. The molecule has 0 fully saturated rings. The summed E-state index contributed by atoms with van der Waals surface area (Å²) in [5.74, 6) is 1.21. The van der Waals surface area contributed by atoms with Crippen molar-refractivity contribution in [3.8, 4) is 0 Å². The zero-order chi connectivity index (χ0) is 28.1. The maximum atomic E-state index is 9.75. The van der Waals surface area contributed by atoms with Crippen LogP contribution in [0.1, 0.15) is 110 Å². The molecule has 0 radical (unpaired) electrons. The molecule has 0 atom stereocenters. The van der Waals surface area contributed by atoms with E-state index in [-0.39, 0.29) is 10.9 Å². The predicted octanol–water partition coefficient (Wildman–Crippen LogP) is 12.6. The minimum atomic E-state index is -6.00. The number of hydrogen-bond donors (Lipinski definition) is 0. The van der Waals surface area contributed by atoms with Crippen LogP contribution in [0.25, 0.3) is 0 Å². The quantitative estimate of drug-likeness (QED) is 0.0656. The topological polar surface area (TPSA) is 0 Å². The van der Waals surface area contributed by atoms with Crippen LogP contribution in [0.3, 0.4) is 0 Å². The summed E-state index contributed by atoms with van der Waals surface area (Å²) in [6, 6.07) is 16.8. The minimum Gasteiger partial charge on any atom is -0.418 e. The van der Waals surface area contributed by atoms with Crippen LogP contribution >= 0.6 is 23.2 Å². The van der Waals surface area contributed by atoms with Crippen LogP contribution in [0.2, 0.25) is 10.0 Å². The van der Waals surface area contributed by atoms with Gasteiger partial charge in [-0.05, 0) is 61.4 Å². The van der Waals surface area contributed by atoms with Crippen molar-refractivity contribution in [3.05, 3.63) is 58.6 Å². The SMILES string of the molecule is CCCCCCCCCCCCCCCCCC[S+](c1ccc(Cl)cc1)c1ccc(Cl)cc1.F[B-](F)(F)F. The molecule has 38 heavy (non-hydrogen) atoms. The van der Waals surface area contributed by atoms with E-state index in [4.69, 9.17) is 23.2 Å². The minimum absolute atomic E-state index is 0.0975. The molecule has 0 unspecified atom stereocenters. The molecule has 0 nitrogen and oxygen atoms in total.